The van der Waals surface area contributed by atoms with E-state index in [4.69, 9.17) is 4.74 Å². The summed E-state index contributed by atoms with van der Waals surface area (Å²) < 4.78 is 5.64. The summed E-state index contributed by atoms with van der Waals surface area (Å²) in [6.45, 7) is 9.11. The normalized spacial score (nSPS) is 21.3. The van der Waals surface area contributed by atoms with E-state index in [2.05, 4.69) is 24.6 Å². The number of hydrogen-bond donors (Lipinski definition) is 2. The van der Waals surface area contributed by atoms with Crippen LogP contribution in [-0.4, -0.2) is 34.5 Å². The van der Waals surface area contributed by atoms with Crippen molar-refractivity contribution >= 4 is 17.8 Å². The van der Waals surface area contributed by atoms with Crippen molar-refractivity contribution < 1.29 is 19.1 Å². The number of carbonyl (C=O) groups is 3. The number of urea groups is 1. The summed E-state index contributed by atoms with van der Waals surface area (Å²) in [5.41, 5.74) is 2.43. The highest BCUT2D eigenvalue weighted by Crippen LogP contribution is 2.22. The fourth-order valence-corrected chi connectivity index (χ4v) is 2.43. The highest BCUT2D eigenvalue weighted by atomic mass is 16.5. The van der Waals surface area contributed by atoms with Gasteiger partial charge in [0, 0.05) is 0 Å². The monoisotopic (exact) mass is 347 g/mol. The third kappa shape index (κ3) is 3.92. The summed E-state index contributed by atoms with van der Waals surface area (Å²) in [7, 11) is 0. The average molecular weight is 347 g/mol. The van der Waals surface area contributed by atoms with Crippen molar-refractivity contribution in [3.05, 3.63) is 29.8 Å². The minimum Gasteiger partial charge on any atom is -0.481 e. The second-order valence-electron chi connectivity index (χ2n) is 6.72. The standard InChI is InChI=1S/C18H25N3O4/c1-6-18(5)16(23)21(17(24)19-18)20-15(22)12(4)25-14-9-7-8-13(10-14)11(2)3/h7-12H,6H2,1-5H3,(H,19,24)(H,20,22). The Labute approximate surface area is 147 Å². The Balaban J connectivity index is 2.02. The molecule has 7 heteroatoms. The maximum Gasteiger partial charge on any atom is 0.344 e. The Morgan fingerprint density at radius 3 is 2.56 bits per heavy atom. The van der Waals surface area contributed by atoms with Gasteiger partial charge in [-0.25, -0.2) is 4.79 Å². The summed E-state index contributed by atoms with van der Waals surface area (Å²) >= 11 is 0. The molecule has 1 fully saturated rings. The van der Waals surface area contributed by atoms with Gasteiger partial charge < -0.3 is 10.1 Å². The SMILES string of the molecule is CCC1(C)NC(=O)N(NC(=O)C(C)Oc2cccc(C(C)C)c2)C1=O. The molecule has 1 aliphatic heterocycles. The van der Waals surface area contributed by atoms with Crippen molar-refractivity contribution in [2.75, 3.05) is 0 Å². The summed E-state index contributed by atoms with van der Waals surface area (Å²) in [5.74, 6) is -0.157. The predicted octanol–water partition coefficient (Wildman–Crippen LogP) is 2.33. The van der Waals surface area contributed by atoms with Gasteiger partial charge in [0.2, 0.25) is 0 Å². The average Bonchev–Trinajstić information content (AvgIpc) is 2.78. The molecular formula is C18H25N3O4. The van der Waals surface area contributed by atoms with Crippen LogP contribution in [0.5, 0.6) is 5.75 Å². The molecule has 1 aromatic carbocycles. The van der Waals surface area contributed by atoms with Crippen LogP contribution in [-0.2, 0) is 9.59 Å². The molecule has 2 rings (SSSR count). The molecule has 0 bridgehead atoms. The number of imide groups is 1. The molecule has 1 heterocycles. The number of hydrazine groups is 1. The lowest BCUT2D eigenvalue weighted by Crippen LogP contribution is -2.51. The van der Waals surface area contributed by atoms with Gasteiger partial charge >= 0.3 is 6.03 Å². The van der Waals surface area contributed by atoms with Crippen LogP contribution in [0.1, 0.15) is 52.5 Å². The third-order valence-electron chi connectivity index (χ3n) is 4.40. The van der Waals surface area contributed by atoms with Crippen LogP contribution in [0, 0.1) is 0 Å². The molecule has 0 saturated carbocycles. The van der Waals surface area contributed by atoms with Crippen LogP contribution in [0.15, 0.2) is 24.3 Å². The number of rotatable bonds is 6. The van der Waals surface area contributed by atoms with Gasteiger partial charge in [0.25, 0.3) is 11.8 Å². The second-order valence-corrected chi connectivity index (χ2v) is 6.72. The first-order chi connectivity index (χ1) is 11.7. The largest absolute Gasteiger partial charge is 0.481 e. The van der Waals surface area contributed by atoms with Gasteiger partial charge in [-0.3, -0.25) is 15.0 Å². The van der Waals surface area contributed by atoms with E-state index in [1.165, 1.54) is 0 Å². The highest BCUT2D eigenvalue weighted by Gasteiger charge is 2.47. The lowest BCUT2D eigenvalue weighted by molar-refractivity contribution is -0.141. The van der Waals surface area contributed by atoms with Gasteiger partial charge in [0.1, 0.15) is 11.3 Å². The molecule has 7 nitrogen and oxygen atoms in total. The Kier molecular flexibility index (Phi) is 5.35. The fourth-order valence-electron chi connectivity index (χ4n) is 2.43. The van der Waals surface area contributed by atoms with Crippen molar-refractivity contribution in [3.63, 3.8) is 0 Å². The molecule has 4 amide bonds. The second kappa shape index (κ2) is 7.13. The molecular weight excluding hydrogens is 322 g/mol. The van der Waals surface area contributed by atoms with Crippen LogP contribution in [0.2, 0.25) is 0 Å². The van der Waals surface area contributed by atoms with E-state index in [1.54, 1.807) is 26.8 Å². The van der Waals surface area contributed by atoms with Gasteiger partial charge in [0.15, 0.2) is 6.10 Å². The molecule has 2 N–H and O–H groups in total. The minimum atomic E-state index is -1.000. The molecule has 2 atom stereocenters. The van der Waals surface area contributed by atoms with Gasteiger partial charge in [-0.1, -0.05) is 32.9 Å². The number of hydrogen-bond acceptors (Lipinski definition) is 4. The zero-order chi connectivity index (χ0) is 18.8. The lowest BCUT2D eigenvalue weighted by Gasteiger charge is -2.21. The molecule has 2 unspecified atom stereocenters. The lowest BCUT2D eigenvalue weighted by atomic mass is 10.00. The van der Waals surface area contributed by atoms with Gasteiger partial charge in [0.05, 0.1) is 0 Å². The maximum absolute atomic E-state index is 12.3. The van der Waals surface area contributed by atoms with E-state index >= 15 is 0 Å². The van der Waals surface area contributed by atoms with Crippen molar-refractivity contribution in [2.45, 2.75) is 58.6 Å². The van der Waals surface area contributed by atoms with Crippen molar-refractivity contribution in [3.8, 4) is 5.75 Å². The summed E-state index contributed by atoms with van der Waals surface area (Å²) in [6, 6.07) is 6.84. The number of carbonyl (C=O) groups excluding carboxylic acids is 3. The van der Waals surface area contributed by atoms with E-state index in [1.807, 2.05) is 18.2 Å². The fraction of sp³-hybridized carbons (Fsp3) is 0.500. The minimum absolute atomic E-state index is 0.338. The maximum atomic E-state index is 12.3. The van der Waals surface area contributed by atoms with E-state index in [9.17, 15) is 14.4 Å². The summed E-state index contributed by atoms with van der Waals surface area (Å²) in [6.07, 6.45) is -0.436. The molecule has 25 heavy (non-hydrogen) atoms. The van der Waals surface area contributed by atoms with Gasteiger partial charge in [-0.2, -0.15) is 5.01 Å². The van der Waals surface area contributed by atoms with Crippen LogP contribution >= 0.6 is 0 Å². The Morgan fingerprint density at radius 1 is 1.32 bits per heavy atom. The predicted molar refractivity (Wildman–Crippen MR) is 92.8 cm³/mol. The Bertz CT molecular complexity index is 689. The summed E-state index contributed by atoms with van der Waals surface area (Å²) in [5, 5.41) is 3.29. The van der Waals surface area contributed by atoms with E-state index in [-0.39, 0.29) is 0 Å². The van der Waals surface area contributed by atoms with E-state index < -0.39 is 29.5 Å². The topological polar surface area (TPSA) is 87.7 Å². The van der Waals surface area contributed by atoms with Crippen molar-refractivity contribution in [1.29, 1.82) is 0 Å². The first kappa shape index (κ1) is 18.8. The van der Waals surface area contributed by atoms with Crippen LogP contribution in [0.4, 0.5) is 4.79 Å². The highest BCUT2D eigenvalue weighted by molar-refractivity contribution is 6.07. The molecule has 136 valence electrons. The molecule has 1 saturated heterocycles. The molecule has 1 aromatic rings. The molecule has 0 aliphatic carbocycles. The zero-order valence-corrected chi connectivity index (χ0v) is 15.3. The van der Waals surface area contributed by atoms with Crippen molar-refractivity contribution in [1.82, 2.24) is 15.8 Å². The molecule has 0 radical (unpaired) electrons. The first-order valence-electron chi connectivity index (χ1n) is 8.41. The van der Waals surface area contributed by atoms with Crippen molar-refractivity contribution in [2.24, 2.45) is 0 Å². The number of amides is 4. The number of nitrogens with zero attached hydrogens (tertiary/aromatic N) is 1. The first-order valence-corrected chi connectivity index (χ1v) is 8.41. The molecule has 0 spiro atoms. The quantitative estimate of drug-likeness (QED) is 0.773. The van der Waals surface area contributed by atoms with E-state index in [0.717, 1.165) is 10.6 Å². The van der Waals surface area contributed by atoms with Gasteiger partial charge in [-0.05, 0) is 43.9 Å². The number of nitrogens with one attached hydrogen (secondary N) is 2. The molecule has 1 aliphatic rings. The Morgan fingerprint density at radius 2 is 2.00 bits per heavy atom. The van der Waals surface area contributed by atoms with Crippen LogP contribution < -0.4 is 15.5 Å². The van der Waals surface area contributed by atoms with Crippen LogP contribution in [0.3, 0.4) is 0 Å². The van der Waals surface area contributed by atoms with E-state index in [0.29, 0.717) is 18.1 Å². The van der Waals surface area contributed by atoms with Gasteiger partial charge in [-0.15, -0.1) is 0 Å². The van der Waals surface area contributed by atoms with Crippen LogP contribution in [0.25, 0.3) is 0 Å². The number of ether oxygens (including phenoxy) is 1. The summed E-state index contributed by atoms with van der Waals surface area (Å²) in [4.78, 5) is 36.5. The third-order valence-corrected chi connectivity index (χ3v) is 4.40. The number of benzene rings is 1. The molecule has 0 aromatic heterocycles. The smallest absolute Gasteiger partial charge is 0.344 e. The Hall–Kier alpha value is -2.57. The zero-order valence-electron chi connectivity index (χ0n) is 15.3.